The number of nitrogens with one attached hydrogen (secondary N) is 1. The Morgan fingerprint density at radius 2 is 1.90 bits per heavy atom. The molecular formula is C19H25NO. The van der Waals surface area contributed by atoms with E-state index < -0.39 is 0 Å². The Hall–Kier alpha value is -1.80. The minimum atomic E-state index is 0.340. The molecule has 0 aliphatic heterocycles. The summed E-state index contributed by atoms with van der Waals surface area (Å²) >= 11 is 0. The minimum absolute atomic E-state index is 0.340. The molecule has 0 saturated carbocycles. The van der Waals surface area contributed by atoms with Crippen LogP contribution in [0, 0.1) is 13.8 Å². The molecule has 0 aliphatic carbocycles. The van der Waals surface area contributed by atoms with Crippen molar-refractivity contribution in [1.82, 2.24) is 5.32 Å². The lowest BCUT2D eigenvalue weighted by atomic mass is 10.1. The van der Waals surface area contributed by atoms with E-state index in [-0.39, 0.29) is 0 Å². The molecule has 2 aromatic rings. The lowest BCUT2D eigenvalue weighted by molar-refractivity contribution is 0.475. The topological polar surface area (TPSA) is 21.3 Å². The van der Waals surface area contributed by atoms with Crippen LogP contribution in [-0.4, -0.2) is 6.54 Å². The Morgan fingerprint density at radius 3 is 2.67 bits per heavy atom. The number of hydrogen-bond acceptors (Lipinski definition) is 2. The highest BCUT2D eigenvalue weighted by atomic mass is 16.5. The first-order valence-corrected chi connectivity index (χ1v) is 7.68. The van der Waals surface area contributed by atoms with Crippen LogP contribution in [0.5, 0.6) is 11.5 Å². The second-order valence-corrected chi connectivity index (χ2v) is 5.62. The lowest BCUT2D eigenvalue weighted by Crippen LogP contribution is -2.19. The molecule has 0 amide bonds. The second-order valence-electron chi connectivity index (χ2n) is 5.62. The van der Waals surface area contributed by atoms with E-state index in [4.69, 9.17) is 4.74 Å². The molecule has 0 aliphatic rings. The molecule has 1 N–H and O–H groups in total. The van der Waals surface area contributed by atoms with Gasteiger partial charge in [-0.3, -0.25) is 0 Å². The van der Waals surface area contributed by atoms with Gasteiger partial charge in [-0.05, 0) is 68.6 Å². The quantitative estimate of drug-likeness (QED) is 0.791. The standard InChI is InChI=1S/C19H25NO/c1-5-11-20-16(4)17-7-6-8-18(13-17)21-19-12-14(2)9-10-15(19)3/h6-10,12-13,16,20H,5,11H2,1-4H3. The first kappa shape index (κ1) is 15.6. The zero-order valence-electron chi connectivity index (χ0n) is 13.4. The summed E-state index contributed by atoms with van der Waals surface area (Å²) in [6.07, 6.45) is 1.14. The fourth-order valence-electron chi connectivity index (χ4n) is 2.27. The predicted octanol–water partition coefficient (Wildman–Crippen LogP) is 5.16. The molecule has 0 radical (unpaired) electrons. The zero-order valence-corrected chi connectivity index (χ0v) is 13.4. The first-order chi connectivity index (χ1) is 10.1. The zero-order chi connectivity index (χ0) is 15.2. The molecule has 0 fully saturated rings. The summed E-state index contributed by atoms with van der Waals surface area (Å²) in [5.74, 6) is 1.83. The van der Waals surface area contributed by atoms with Gasteiger partial charge >= 0.3 is 0 Å². The summed E-state index contributed by atoms with van der Waals surface area (Å²) in [5, 5.41) is 3.50. The van der Waals surface area contributed by atoms with Gasteiger partial charge in [0.05, 0.1) is 0 Å². The Bertz CT molecular complexity index is 592. The highest BCUT2D eigenvalue weighted by Gasteiger charge is 2.07. The van der Waals surface area contributed by atoms with Crippen LogP contribution in [0.4, 0.5) is 0 Å². The van der Waals surface area contributed by atoms with E-state index in [2.05, 4.69) is 69.4 Å². The van der Waals surface area contributed by atoms with Gasteiger partial charge in [-0.1, -0.05) is 31.2 Å². The Kier molecular flexibility index (Phi) is 5.40. The van der Waals surface area contributed by atoms with Crippen molar-refractivity contribution in [3.63, 3.8) is 0 Å². The van der Waals surface area contributed by atoms with E-state index in [1.165, 1.54) is 11.1 Å². The normalized spacial score (nSPS) is 12.2. The van der Waals surface area contributed by atoms with E-state index >= 15 is 0 Å². The van der Waals surface area contributed by atoms with Crippen LogP contribution in [0.25, 0.3) is 0 Å². The molecule has 0 bridgehead atoms. The molecule has 2 aromatic carbocycles. The van der Waals surface area contributed by atoms with Gasteiger partial charge in [0.2, 0.25) is 0 Å². The fourth-order valence-corrected chi connectivity index (χ4v) is 2.27. The molecule has 0 saturated heterocycles. The van der Waals surface area contributed by atoms with E-state index in [1.54, 1.807) is 0 Å². The van der Waals surface area contributed by atoms with Gasteiger partial charge in [0.25, 0.3) is 0 Å². The summed E-state index contributed by atoms with van der Waals surface area (Å²) in [5.41, 5.74) is 3.62. The van der Waals surface area contributed by atoms with Crippen LogP contribution < -0.4 is 10.1 Å². The van der Waals surface area contributed by atoms with Crippen molar-refractivity contribution in [1.29, 1.82) is 0 Å². The Morgan fingerprint density at radius 1 is 1.10 bits per heavy atom. The van der Waals surface area contributed by atoms with Gasteiger partial charge in [0, 0.05) is 6.04 Å². The van der Waals surface area contributed by atoms with Gasteiger partial charge in [0.1, 0.15) is 11.5 Å². The van der Waals surface area contributed by atoms with Crippen molar-refractivity contribution in [3.05, 3.63) is 59.2 Å². The molecule has 112 valence electrons. The summed E-state index contributed by atoms with van der Waals surface area (Å²) in [7, 11) is 0. The predicted molar refractivity (Wildman–Crippen MR) is 89.1 cm³/mol. The molecule has 2 heteroatoms. The van der Waals surface area contributed by atoms with Crippen LogP contribution in [0.3, 0.4) is 0 Å². The summed E-state index contributed by atoms with van der Waals surface area (Å²) in [4.78, 5) is 0. The molecular weight excluding hydrogens is 258 g/mol. The molecule has 1 unspecified atom stereocenters. The number of hydrogen-bond donors (Lipinski definition) is 1. The Labute approximate surface area is 128 Å². The first-order valence-electron chi connectivity index (χ1n) is 7.68. The largest absolute Gasteiger partial charge is 0.457 e. The molecule has 21 heavy (non-hydrogen) atoms. The summed E-state index contributed by atoms with van der Waals surface area (Å²) in [6, 6.07) is 15.0. The van der Waals surface area contributed by atoms with E-state index in [0.29, 0.717) is 6.04 Å². The summed E-state index contributed by atoms with van der Waals surface area (Å²) in [6.45, 7) is 9.55. The molecule has 1 atom stereocenters. The van der Waals surface area contributed by atoms with E-state index in [0.717, 1.165) is 30.0 Å². The average Bonchev–Trinajstić information content (AvgIpc) is 2.49. The van der Waals surface area contributed by atoms with E-state index in [9.17, 15) is 0 Å². The number of benzene rings is 2. The van der Waals surface area contributed by atoms with Gasteiger partial charge in [-0.2, -0.15) is 0 Å². The van der Waals surface area contributed by atoms with Crippen LogP contribution in [0.1, 0.15) is 43.0 Å². The molecule has 2 rings (SSSR count). The highest BCUT2D eigenvalue weighted by molar-refractivity contribution is 5.40. The third kappa shape index (κ3) is 4.33. The van der Waals surface area contributed by atoms with Crippen molar-refractivity contribution in [2.75, 3.05) is 6.54 Å². The van der Waals surface area contributed by atoms with Gasteiger partial charge in [0.15, 0.2) is 0 Å². The SMILES string of the molecule is CCCNC(C)c1cccc(Oc2cc(C)ccc2C)c1. The van der Waals surface area contributed by atoms with Crippen molar-refractivity contribution in [2.24, 2.45) is 0 Å². The second kappa shape index (κ2) is 7.28. The highest BCUT2D eigenvalue weighted by Crippen LogP contribution is 2.27. The maximum Gasteiger partial charge on any atom is 0.130 e. The average molecular weight is 283 g/mol. The van der Waals surface area contributed by atoms with Gasteiger partial charge in [-0.25, -0.2) is 0 Å². The van der Waals surface area contributed by atoms with Gasteiger partial charge in [-0.15, -0.1) is 0 Å². The summed E-state index contributed by atoms with van der Waals surface area (Å²) < 4.78 is 6.06. The number of rotatable bonds is 6. The van der Waals surface area contributed by atoms with Crippen molar-refractivity contribution in [2.45, 2.75) is 40.2 Å². The maximum absolute atomic E-state index is 6.06. The Balaban J connectivity index is 2.15. The lowest BCUT2D eigenvalue weighted by Gasteiger charge is -2.15. The number of aryl methyl sites for hydroxylation is 2. The maximum atomic E-state index is 6.06. The van der Waals surface area contributed by atoms with Crippen LogP contribution in [0.2, 0.25) is 0 Å². The smallest absolute Gasteiger partial charge is 0.130 e. The minimum Gasteiger partial charge on any atom is -0.457 e. The fraction of sp³-hybridized carbons (Fsp3) is 0.368. The molecule has 0 aromatic heterocycles. The molecule has 2 nitrogen and oxygen atoms in total. The third-order valence-corrected chi connectivity index (χ3v) is 3.63. The van der Waals surface area contributed by atoms with E-state index in [1.807, 2.05) is 6.07 Å². The van der Waals surface area contributed by atoms with Crippen molar-refractivity contribution in [3.8, 4) is 11.5 Å². The molecule has 0 heterocycles. The van der Waals surface area contributed by atoms with Crippen molar-refractivity contribution < 1.29 is 4.74 Å². The monoisotopic (exact) mass is 283 g/mol. The van der Waals surface area contributed by atoms with Crippen molar-refractivity contribution >= 4 is 0 Å². The third-order valence-electron chi connectivity index (χ3n) is 3.63. The molecule has 0 spiro atoms. The number of ether oxygens (including phenoxy) is 1. The van der Waals surface area contributed by atoms with Crippen LogP contribution in [0.15, 0.2) is 42.5 Å². The van der Waals surface area contributed by atoms with Crippen LogP contribution in [-0.2, 0) is 0 Å². The van der Waals surface area contributed by atoms with Crippen LogP contribution >= 0.6 is 0 Å². The van der Waals surface area contributed by atoms with Gasteiger partial charge < -0.3 is 10.1 Å².